The van der Waals surface area contributed by atoms with Crippen molar-refractivity contribution in [2.45, 2.75) is 6.92 Å². The number of nitrogens with one attached hydrogen (secondary N) is 1. The number of H-pyrrole nitrogens is 1. The number of hydrogen-bond donors (Lipinski definition) is 2. The average Bonchev–Trinajstić information content (AvgIpc) is 2.06. The van der Waals surface area contributed by atoms with Gasteiger partial charge < -0.3 is 10.7 Å². The first-order valence-corrected chi connectivity index (χ1v) is 3.93. The average molecular weight is 175 g/mol. The predicted octanol–water partition coefficient (Wildman–Crippen LogP) is 0.814. The molecular weight excluding hydrogens is 166 g/mol. The second-order valence-corrected chi connectivity index (χ2v) is 2.98. The highest BCUT2D eigenvalue weighted by molar-refractivity contribution is 5.88. The van der Waals surface area contributed by atoms with Crippen LogP contribution in [0.25, 0.3) is 10.9 Å². The number of aromatic amines is 1. The van der Waals surface area contributed by atoms with Crippen LogP contribution in [0.5, 0.6) is 0 Å². The lowest BCUT2D eigenvalue weighted by Gasteiger charge is -2.00. The summed E-state index contributed by atoms with van der Waals surface area (Å²) in [7, 11) is 0. The molecule has 0 atom stereocenters. The molecule has 0 spiro atoms. The van der Waals surface area contributed by atoms with Crippen LogP contribution in [0.2, 0.25) is 0 Å². The van der Waals surface area contributed by atoms with Crippen LogP contribution >= 0.6 is 0 Å². The highest BCUT2D eigenvalue weighted by Crippen LogP contribution is 2.15. The Kier molecular flexibility index (Phi) is 1.55. The Morgan fingerprint density at radius 3 is 3.00 bits per heavy atom. The summed E-state index contributed by atoms with van der Waals surface area (Å²) in [4.78, 5) is 17.2. The summed E-state index contributed by atoms with van der Waals surface area (Å²) in [6.45, 7) is 1.96. The zero-order chi connectivity index (χ0) is 9.42. The molecule has 0 aliphatic rings. The van der Waals surface area contributed by atoms with Crippen LogP contribution in [0.4, 0.5) is 5.82 Å². The molecule has 2 rings (SSSR count). The maximum atomic E-state index is 10.9. The van der Waals surface area contributed by atoms with Gasteiger partial charge in [-0.2, -0.15) is 4.98 Å². The summed E-state index contributed by atoms with van der Waals surface area (Å²) in [6.07, 6.45) is 0. The third-order valence-electron chi connectivity index (χ3n) is 1.91. The number of rotatable bonds is 0. The predicted molar refractivity (Wildman–Crippen MR) is 51.5 cm³/mol. The van der Waals surface area contributed by atoms with Gasteiger partial charge in [0.15, 0.2) is 0 Å². The maximum absolute atomic E-state index is 10.9. The fourth-order valence-corrected chi connectivity index (χ4v) is 1.29. The highest BCUT2D eigenvalue weighted by atomic mass is 16.1. The van der Waals surface area contributed by atoms with Gasteiger partial charge in [-0.25, -0.2) is 4.79 Å². The number of anilines is 1. The van der Waals surface area contributed by atoms with Crippen molar-refractivity contribution in [2.75, 3.05) is 5.73 Å². The van der Waals surface area contributed by atoms with E-state index in [4.69, 9.17) is 5.73 Å². The number of fused-ring (bicyclic) bond motifs is 1. The van der Waals surface area contributed by atoms with Crippen molar-refractivity contribution in [3.63, 3.8) is 0 Å². The zero-order valence-corrected chi connectivity index (χ0v) is 7.16. The molecule has 1 aromatic heterocycles. The summed E-state index contributed by atoms with van der Waals surface area (Å²) in [5.41, 5.74) is 7.00. The minimum Gasteiger partial charge on any atom is -0.383 e. The Balaban J connectivity index is 2.95. The van der Waals surface area contributed by atoms with Crippen molar-refractivity contribution < 1.29 is 0 Å². The van der Waals surface area contributed by atoms with Crippen molar-refractivity contribution in [3.8, 4) is 0 Å². The SMILES string of the molecule is Cc1ccc2[nH]c(=O)nc(N)c2c1. The van der Waals surface area contributed by atoms with Gasteiger partial charge in [0.2, 0.25) is 0 Å². The van der Waals surface area contributed by atoms with E-state index in [1.807, 2.05) is 25.1 Å². The molecule has 0 aliphatic carbocycles. The Morgan fingerprint density at radius 1 is 1.46 bits per heavy atom. The summed E-state index contributed by atoms with van der Waals surface area (Å²) >= 11 is 0. The molecule has 0 aliphatic heterocycles. The number of nitrogen functional groups attached to an aromatic ring is 1. The molecule has 66 valence electrons. The van der Waals surface area contributed by atoms with Crippen LogP contribution in [0, 0.1) is 6.92 Å². The van der Waals surface area contributed by atoms with Crippen molar-refractivity contribution >= 4 is 16.7 Å². The van der Waals surface area contributed by atoms with E-state index < -0.39 is 5.69 Å². The monoisotopic (exact) mass is 175 g/mol. The molecule has 0 saturated carbocycles. The Labute approximate surface area is 74.4 Å². The van der Waals surface area contributed by atoms with Gasteiger partial charge in [0.1, 0.15) is 5.82 Å². The first-order valence-electron chi connectivity index (χ1n) is 3.93. The van der Waals surface area contributed by atoms with Gasteiger partial charge >= 0.3 is 5.69 Å². The van der Waals surface area contributed by atoms with Crippen molar-refractivity contribution in [1.82, 2.24) is 9.97 Å². The number of hydrogen-bond acceptors (Lipinski definition) is 3. The third kappa shape index (κ3) is 1.26. The smallest absolute Gasteiger partial charge is 0.347 e. The summed E-state index contributed by atoms with van der Waals surface area (Å²) in [6, 6.07) is 5.63. The van der Waals surface area contributed by atoms with Crippen LogP contribution in [0.1, 0.15) is 5.56 Å². The largest absolute Gasteiger partial charge is 0.383 e. The molecule has 1 heterocycles. The maximum Gasteiger partial charge on any atom is 0.347 e. The van der Waals surface area contributed by atoms with Gasteiger partial charge in [-0.1, -0.05) is 11.6 Å². The van der Waals surface area contributed by atoms with E-state index in [1.165, 1.54) is 0 Å². The van der Waals surface area contributed by atoms with Crippen molar-refractivity contribution in [1.29, 1.82) is 0 Å². The van der Waals surface area contributed by atoms with E-state index in [-0.39, 0.29) is 5.82 Å². The number of nitrogens with two attached hydrogens (primary N) is 1. The molecule has 3 N–H and O–H groups in total. The Hall–Kier alpha value is -1.84. The fourth-order valence-electron chi connectivity index (χ4n) is 1.29. The van der Waals surface area contributed by atoms with Crippen LogP contribution < -0.4 is 11.4 Å². The van der Waals surface area contributed by atoms with E-state index in [0.717, 1.165) is 16.5 Å². The molecule has 0 radical (unpaired) electrons. The highest BCUT2D eigenvalue weighted by Gasteiger charge is 2.00. The lowest BCUT2D eigenvalue weighted by atomic mass is 10.1. The van der Waals surface area contributed by atoms with Crippen LogP contribution in [0.3, 0.4) is 0 Å². The lowest BCUT2D eigenvalue weighted by Crippen LogP contribution is -2.12. The van der Waals surface area contributed by atoms with Crippen molar-refractivity contribution in [2.24, 2.45) is 0 Å². The second kappa shape index (κ2) is 2.58. The standard InChI is InChI=1S/C9H9N3O/c1-5-2-3-7-6(4-5)8(10)12-9(13)11-7/h2-4H,1H3,(H3,10,11,12,13). The molecule has 4 nitrogen and oxygen atoms in total. The molecule has 2 aromatic rings. The summed E-state index contributed by atoms with van der Waals surface area (Å²) < 4.78 is 0. The van der Waals surface area contributed by atoms with Crippen LogP contribution in [-0.4, -0.2) is 9.97 Å². The minimum absolute atomic E-state index is 0.280. The first kappa shape index (κ1) is 7.79. The van der Waals surface area contributed by atoms with Crippen molar-refractivity contribution in [3.05, 3.63) is 34.2 Å². The van der Waals surface area contributed by atoms with E-state index in [0.29, 0.717) is 0 Å². The first-order chi connectivity index (χ1) is 6.16. The molecule has 0 fully saturated rings. The molecule has 0 saturated heterocycles. The molecular formula is C9H9N3O. The number of aryl methyl sites for hydroxylation is 1. The van der Waals surface area contributed by atoms with Crippen LogP contribution in [0.15, 0.2) is 23.0 Å². The minimum atomic E-state index is -0.408. The third-order valence-corrected chi connectivity index (χ3v) is 1.91. The zero-order valence-electron chi connectivity index (χ0n) is 7.16. The summed E-state index contributed by atoms with van der Waals surface area (Å²) in [5.74, 6) is 0.280. The molecule has 0 unspecified atom stereocenters. The van der Waals surface area contributed by atoms with Gasteiger partial charge in [0, 0.05) is 5.39 Å². The van der Waals surface area contributed by atoms with Gasteiger partial charge in [-0.15, -0.1) is 0 Å². The summed E-state index contributed by atoms with van der Waals surface area (Å²) in [5, 5.41) is 0.791. The van der Waals surface area contributed by atoms with E-state index >= 15 is 0 Å². The topological polar surface area (TPSA) is 71.8 Å². The van der Waals surface area contributed by atoms with E-state index in [1.54, 1.807) is 0 Å². The van der Waals surface area contributed by atoms with Crippen LogP contribution in [-0.2, 0) is 0 Å². The Morgan fingerprint density at radius 2 is 2.23 bits per heavy atom. The number of aromatic nitrogens is 2. The lowest BCUT2D eigenvalue weighted by molar-refractivity contribution is 1.13. The van der Waals surface area contributed by atoms with E-state index in [2.05, 4.69) is 9.97 Å². The molecule has 1 aromatic carbocycles. The second-order valence-electron chi connectivity index (χ2n) is 2.98. The van der Waals surface area contributed by atoms with Gasteiger partial charge in [0.05, 0.1) is 5.52 Å². The van der Waals surface area contributed by atoms with Gasteiger partial charge in [-0.05, 0) is 19.1 Å². The van der Waals surface area contributed by atoms with Gasteiger partial charge in [-0.3, -0.25) is 0 Å². The molecule has 13 heavy (non-hydrogen) atoms. The number of nitrogens with zero attached hydrogens (tertiary/aromatic N) is 1. The molecule has 4 heteroatoms. The van der Waals surface area contributed by atoms with E-state index in [9.17, 15) is 4.79 Å². The number of benzene rings is 1. The Bertz CT molecular complexity index is 516. The normalized spacial score (nSPS) is 10.5. The molecule has 0 bridgehead atoms. The molecule has 0 amide bonds. The van der Waals surface area contributed by atoms with Gasteiger partial charge in [0.25, 0.3) is 0 Å². The fraction of sp³-hybridized carbons (Fsp3) is 0.111. The quantitative estimate of drug-likeness (QED) is 0.622.